The third-order valence-corrected chi connectivity index (χ3v) is 6.29. The van der Waals surface area contributed by atoms with Crippen LogP contribution in [0.25, 0.3) is 11.1 Å². The van der Waals surface area contributed by atoms with Crippen LogP contribution in [0, 0.1) is 11.7 Å². The standard InChI is InChI=1S/C27H32FN5O/c1-2-32(19-21-8-4-3-5-9-21)15-13-29-26(34)23-11-7-14-33(20-23)27-30-17-24(18-31-27)22-10-6-12-25(28)16-22/h3-6,8-10,12,16-18,23H,2,7,11,13-15,19-20H2,1H3,(H,29,34)/t23-/m0/s1. The van der Waals surface area contributed by atoms with Crippen LogP contribution in [0.4, 0.5) is 10.3 Å². The van der Waals surface area contributed by atoms with E-state index in [9.17, 15) is 9.18 Å². The van der Waals surface area contributed by atoms with Crippen molar-refractivity contribution >= 4 is 11.9 Å². The largest absolute Gasteiger partial charge is 0.355 e. The molecule has 0 unspecified atom stereocenters. The van der Waals surface area contributed by atoms with Gasteiger partial charge in [0.1, 0.15) is 5.82 Å². The van der Waals surface area contributed by atoms with Crippen LogP contribution in [0.1, 0.15) is 25.3 Å². The molecular weight excluding hydrogens is 429 g/mol. The maximum Gasteiger partial charge on any atom is 0.225 e. The molecule has 3 aromatic rings. The Morgan fingerprint density at radius 2 is 1.91 bits per heavy atom. The number of amides is 1. The smallest absolute Gasteiger partial charge is 0.225 e. The molecule has 178 valence electrons. The summed E-state index contributed by atoms with van der Waals surface area (Å²) in [6.45, 7) is 6.84. The zero-order valence-corrected chi connectivity index (χ0v) is 19.7. The van der Waals surface area contributed by atoms with E-state index in [0.717, 1.165) is 50.1 Å². The number of halogens is 1. The molecule has 1 fully saturated rings. The van der Waals surface area contributed by atoms with Gasteiger partial charge in [0.05, 0.1) is 5.92 Å². The normalized spacial score (nSPS) is 16.0. The molecular formula is C27H32FN5O. The van der Waals surface area contributed by atoms with Gasteiger partial charge in [-0.2, -0.15) is 0 Å². The molecule has 2 heterocycles. The predicted molar refractivity (Wildman–Crippen MR) is 133 cm³/mol. The summed E-state index contributed by atoms with van der Waals surface area (Å²) in [5.74, 6) is 0.340. The minimum Gasteiger partial charge on any atom is -0.355 e. The molecule has 4 rings (SSSR count). The van der Waals surface area contributed by atoms with Crippen LogP contribution < -0.4 is 10.2 Å². The number of hydrogen-bond donors (Lipinski definition) is 1. The van der Waals surface area contributed by atoms with Gasteiger partial charge in [-0.3, -0.25) is 9.69 Å². The quantitative estimate of drug-likeness (QED) is 0.519. The van der Waals surface area contributed by atoms with E-state index in [0.29, 0.717) is 19.0 Å². The van der Waals surface area contributed by atoms with E-state index in [-0.39, 0.29) is 17.6 Å². The molecule has 0 saturated carbocycles. The number of aromatic nitrogens is 2. The molecule has 0 radical (unpaired) electrons. The Balaban J connectivity index is 1.28. The Morgan fingerprint density at radius 1 is 1.12 bits per heavy atom. The third-order valence-electron chi connectivity index (χ3n) is 6.29. The first-order chi connectivity index (χ1) is 16.6. The van der Waals surface area contributed by atoms with E-state index in [1.54, 1.807) is 18.5 Å². The van der Waals surface area contributed by atoms with Gasteiger partial charge in [0, 0.05) is 50.7 Å². The van der Waals surface area contributed by atoms with Gasteiger partial charge in [0.2, 0.25) is 11.9 Å². The first kappa shape index (κ1) is 23.8. The van der Waals surface area contributed by atoms with Crippen LogP contribution in [0.5, 0.6) is 0 Å². The highest BCUT2D eigenvalue weighted by atomic mass is 19.1. The summed E-state index contributed by atoms with van der Waals surface area (Å²) >= 11 is 0. The summed E-state index contributed by atoms with van der Waals surface area (Å²) in [7, 11) is 0. The molecule has 0 aliphatic carbocycles. The number of likely N-dealkylation sites (N-methyl/N-ethyl adjacent to an activating group) is 1. The van der Waals surface area contributed by atoms with Crippen LogP contribution in [-0.2, 0) is 11.3 Å². The van der Waals surface area contributed by atoms with Gasteiger partial charge < -0.3 is 10.2 Å². The zero-order chi connectivity index (χ0) is 23.8. The topological polar surface area (TPSA) is 61.4 Å². The second-order valence-electron chi connectivity index (χ2n) is 8.71. The van der Waals surface area contributed by atoms with Gasteiger partial charge in [-0.25, -0.2) is 14.4 Å². The fourth-order valence-corrected chi connectivity index (χ4v) is 4.35. The number of nitrogens with zero attached hydrogens (tertiary/aromatic N) is 4. The van der Waals surface area contributed by atoms with Crippen LogP contribution in [0.15, 0.2) is 67.0 Å². The number of anilines is 1. The molecule has 0 bridgehead atoms. The highest BCUT2D eigenvalue weighted by Gasteiger charge is 2.27. The Bertz CT molecular complexity index is 1060. The number of carbonyl (C=O) groups excluding carboxylic acids is 1. The minimum atomic E-state index is -0.284. The molecule has 1 atom stereocenters. The Kier molecular flexibility index (Phi) is 8.20. The van der Waals surface area contributed by atoms with Crippen molar-refractivity contribution in [2.75, 3.05) is 37.6 Å². The summed E-state index contributed by atoms with van der Waals surface area (Å²) in [5.41, 5.74) is 2.79. The Morgan fingerprint density at radius 3 is 2.65 bits per heavy atom. The minimum absolute atomic E-state index is 0.0792. The van der Waals surface area contributed by atoms with Crippen molar-refractivity contribution in [2.24, 2.45) is 5.92 Å². The molecule has 1 aromatic heterocycles. The van der Waals surface area contributed by atoms with Gasteiger partial charge in [-0.1, -0.05) is 49.4 Å². The zero-order valence-electron chi connectivity index (χ0n) is 19.7. The van der Waals surface area contributed by atoms with Crippen molar-refractivity contribution in [3.8, 4) is 11.1 Å². The van der Waals surface area contributed by atoms with Gasteiger partial charge in [-0.05, 0) is 42.6 Å². The van der Waals surface area contributed by atoms with E-state index >= 15 is 0 Å². The van der Waals surface area contributed by atoms with Gasteiger partial charge in [0.25, 0.3) is 0 Å². The molecule has 6 nitrogen and oxygen atoms in total. The molecule has 0 spiro atoms. The van der Waals surface area contributed by atoms with Crippen LogP contribution >= 0.6 is 0 Å². The van der Waals surface area contributed by atoms with Crippen LogP contribution in [-0.4, -0.2) is 53.5 Å². The van der Waals surface area contributed by atoms with E-state index in [1.165, 1.54) is 17.7 Å². The van der Waals surface area contributed by atoms with Gasteiger partial charge >= 0.3 is 0 Å². The van der Waals surface area contributed by atoms with Crippen molar-refractivity contribution < 1.29 is 9.18 Å². The lowest BCUT2D eigenvalue weighted by molar-refractivity contribution is -0.125. The molecule has 1 aliphatic heterocycles. The molecule has 1 N–H and O–H groups in total. The summed E-state index contributed by atoms with van der Waals surface area (Å²) < 4.78 is 13.5. The summed E-state index contributed by atoms with van der Waals surface area (Å²) in [6, 6.07) is 16.8. The lowest BCUT2D eigenvalue weighted by atomic mass is 9.97. The van der Waals surface area contributed by atoms with E-state index < -0.39 is 0 Å². The SMILES string of the molecule is CCN(CCNC(=O)[C@H]1CCCN(c2ncc(-c3cccc(F)c3)cn2)C1)Cc1ccccc1. The fourth-order valence-electron chi connectivity index (χ4n) is 4.35. The first-order valence-electron chi connectivity index (χ1n) is 12.0. The second kappa shape index (κ2) is 11.7. The molecule has 1 amide bonds. The Labute approximate surface area is 200 Å². The number of rotatable bonds is 9. The third kappa shape index (κ3) is 6.38. The van der Waals surface area contributed by atoms with Gasteiger partial charge in [0.15, 0.2) is 0 Å². The summed E-state index contributed by atoms with van der Waals surface area (Å²) in [6.07, 6.45) is 5.22. The van der Waals surface area contributed by atoms with Crippen molar-refractivity contribution in [2.45, 2.75) is 26.3 Å². The first-order valence-corrected chi connectivity index (χ1v) is 12.0. The fraction of sp³-hybridized carbons (Fsp3) is 0.370. The van der Waals surface area contributed by atoms with Crippen molar-refractivity contribution in [3.63, 3.8) is 0 Å². The number of piperidine rings is 1. The summed E-state index contributed by atoms with van der Waals surface area (Å²) in [4.78, 5) is 26.2. The van der Waals surface area contributed by atoms with E-state index in [2.05, 4.69) is 56.3 Å². The second-order valence-corrected chi connectivity index (χ2v) is 8.71. The van der Waals surface area contributed by atoms with E-state index in [4.69, 9.17) is 0 Å². The highest BCUT2D eigenvalue weighted by molar-refractivity contribution is 5.79. The number of carbonyl (C=O) groups is 1. The lowest BCUT2D eigenvalue weighted by Crippen LogP contribution is -2.45. The van der Waals surface area contributed by atoms with Crippen LogP contribution in [0.3, 0.4) is 0 Å². The molecule has 1 aliphatic rings. The van der Waals surface area contributed by atoms with Gasteiger partial charge in [-0.15, -0.1) is 0 Å². The molecule has 1 saturated heterocycles. The average molecular weight is 462 g/mol. The average Bonchev–Trinajstić information content (AvgIpc) is 2.89. The monoisotopic (exact) mass is 461 g/mol. The number of benzene rings is 2. The Hall–Kier alpha value is -3.32. The van der Waals surface area contributed by atoms with Crippen molar-refractivity contribution in [3.05, 3.63) is 78.4 Å². The maximum atomic E-state index is 13.5. The lowest BCUT2D eigenvalue weighted by Gasteiger charge is -2.32. The highest BCUT2D eigenvalue weighted by Crippen LogP contribution is 2.23. The molecule has 7 heteroatoms. The summed E-state index contributed by atoms with van der Waals surface area (Å²) in [5, 5.41) is 3.13. The van der Waals surface area contributed by atoms with Crippen molar-refractivity contribution in [1.82, 2.24) is 20.2 Å². The van der Waals surface area contributed by atoms with Crippen LogP contribution in [0.2, 0.25) is 0 Å². The van der Waals surface area contributed by atoms with Crippen molar-refractivity contribution in [1.29, 1.82) is 0 Å². The number of hydrogen-bond acceptors (Lipinski definition) is 5. The molecule has 2 aromatic carbocycles. The maximum absolute atomic E-state index is 13.5. The predicted octanol–water partition coefficient (Wildman–Crippen LogP) is 4.14. The van der Waals surface area contributed by atoms with E-state index in [1.807, 2.05) is 12.1 Å². The number of nitrogens with one attached hydrogen (secondary N) is 1. The molecule has 34 heavy (non-hydrogen) atoms.